The number of carbonyl (C=O) groups excluding carboxylic acids is 1. The Labute approximate surface area is 93.7 Å². The zero-order chi connectivity index (χ0) is 10.7. The van der Waals surface area contributed by atoms with Crippen LogP contribution in [0, 0.1) is 5.92 Å². The van der Waals surface area contributed by atoms with Crippen molar-refractivity contribution in [1.82, 2.24) is 4.98 Å². The molecule has 1 aromatic heterocycles. The van der Waals surface area contributed by atoms with Gasteiger partial charge in [-0.2, -0.15) is 0 Å². The van der Waals surface area contributed by atoms with Crippen LogP contribution in [0.2, 0.25) is 0 Å². The van der Waals surface area contributed by atoms with Gasteiger partial charge in [0.15, 0.2) is 5.78 Å². The average molecular weight is 224 g/mol. The van der Waals surface area contributed by atoms with Gasteiger partial charge in [0.1, 0.15) is 5.69 Å². The van der Waals surface area contributed by atoms with E-state index in [2.05, 4.69) is 4.98 Å². The molecule has 1 aliphatic carbocycles. The number of aromatic nitrogens is 1. The van der Waals surface area contributed by atoms with Gasteiger partial charge in [0.25, 0.3) is 0 Å². The summed E-state index contributed by atoms with van der Waals surface area (Å²) in [4.78, 5) is 16.2. The van der Waals surface area contributed by atoms with Gasteiger partial charge >= 0.3 is 0 Å². The SMILES string of the molecule is NC1CCCCCC1C(=O)c1cscn1. The van der Waals surface area contributed by atoms with E-state index in [0.29, 0.717) is 5.69 Å². The summed E-state index contributed by atoms with van der Waals surface area (Å²) in [6.07, 6.45) is 5.38. The maximum absolute atomic E-state index is 12.1. The third-order valence-corrected chi connectivity index (χ3v) is 3.68. The first kappa shape index (κ1) is 10.8. The lowest BCUT2D eigenvalue weighted by Gasteiger charge is -2.18. The molecule has 1 heterocycles. The molecule has 82 valence electrons. The van der Waals surface area contributed by atoms with Crippen molar-refractivity contribution in [2.45, 2.75) is 38.1 Å². The lowest BCUT2D eigenvalue weighted by molar-refractivity contribution is 0.0890. The van der Waals surface area contributed by atoms with Crippen molar-refractivity contribution in [2.24, 2.45) is 11.7 Å². The molecule has 1 aliphatic rings. The summed E-state index contributed by atoms with van der Waals surface area (Å²) in [5.74, 6) is 0.139. The van der Waals surface area contributed by atoms with Crippen molar-refractivity contribution in [1.29, 1.82) is 0 Å². The number of rotatable bonds is 2. The van der Waals surface area contributed by atoms with Crippen molar-refractivity contribution < 1.29 is 4.79 Å². The fourth-order valence-corrected chi connectivity index (χ4v) is 2.73. The molecule has 0 bridgehead atoms. The average Bonchev–Trinajstić information content (AvgIpc) is 2.68. The van der Waals surface area contributed by atoms with E-state index in [9.17, 15) is 4.79 Å². The van der Waals surface area contributed by atoms with Crippen LogP contribution in [0.1, 0.15) is 42.6 Å². The van der Waals surface area contributed by atoms with Gasteiger partial charge in [0.2, 0.25) is 0 Å². The van der Waals surface area contributed by atoms with Crippen molar-refractivity contribution in [2.75, 3.05) is 0 Å². The summed E-state index contributed by atoms with van der Waals surface area (Å²) in [5.41, 5.74) is 8.34. The maximum atomic E-state index is 12.1. The van der Waals surface area contributed by atoms with Gasteiger partial charge in [-0.1, -0.05) is 19.3 Å². The number of hydrogen-bond donors (Lipinski definition) is 1. The van der Waals surface area contributed by atoms with Crippen LogP contribution < -0.4 is 5.73 Å². The van der Waals surface area contributed by atoms with Gasteiger partial charge in [-0.15, -0.1) is 11.3 Å². The summed E-state index contributed by atoms with van der Waals surface area (Å²) < 4.78 is 0. The van der Waals surface area contributed by atoms with Crippen molar-refractivity contribution >= 4 is 17.1 Å². The lowest BCUT2D eigenvalue weighted by atomic mass is 9.90. The van der Waals surface area contributed by atoms with E-state index in [4.69, 9.17) is 5.73 Å². The van der Waals surface area contributed by atoms with Crippen LogP contribution in [-0.4, -0.2) is 16.8 Å². The third kappa shape index (κ3) is 2.44. The zero-order valence-corrected chi connectivity index (χ0v) is 9.50. The molecule has 2 atom stereocenters. The fourth-order valence-electron chi connectivity index (χ4n) is 2.19. The van der Waals surface area contributed by atoms with Gasteiger partial charge in [-0.25, -0.2) is 4.98 Å². The normalized spacial score (nSPS) is 27.3. The van der Waals surface area contributed by atoms with Gasteiger partial charge in [0, 0.05) is 17.3 Å². The van der Waals surface area contributed by atoms with E-state index in [1.165, 1.54) is 17.8 Å². The molecule has 0 spiro atoms. The monoisotopic (exact) mass is 224 g/mol. The number of nitrogens with zero attached hydrogens (tertiary/aromatic N) is 1. The molecule has 15 heavy (non-hydrogen) atoms. The number of Topliss-reactive ketones (excluding diaryl/α,β-unsaturated/α-hetero) is 1. The minimum Gasteiger partial charge on any atom is -0.327 e. The molecule has 4 heteroatoms. The van der Waals surface area contributed by atoms with Crippen LogP contribution in [0.5, 0.6) is 0 Å². The summed E-state index contributed by atoms with van der Waals surface area (Å²) in [6.45, 7) is 0. The van der Waals surface area contributed by atoms with Crippen LogP contribution in [-0.2, 0) is 0 Å². The van der Waals surface area contributed by atoms with Gasteiger partial charge in [-0.3, -0.25) is 4.79 Å². The van der Waals surface area contributed by atoms with Crippen molar-refractivity contribution in [3.05, 3.63) is 16.6 Å². The largest absolute Gasteiger partial charge is 0.327 e. The van der Waals surface area contributed by atoms with E-state index >= 15 is 0 Å². The van der Waals surface area contributed by atoms with Crippen molar-refractivity contribution in [3.8, 4) is 0 Å². The van der Waals surface area contributed by atoms with Crippen LogP contribution >= 0.6 is 11.3 Å². The first-order valence-electron chi connectivity index (χ1n) is 5.47. The summed E-state index contributed by atoms with van der Waals surface area (Å²) in [7, 11) is 0. The van der Waals surface area contributed by atoms with Crippen LogP contribution in [0.15, 0.2) is 10.9 Å². The van der Waals surface area contributed by atoms with Gasteiger partial charge in [0.05, 0.1) is 5.51 Å². The van der Waals surface area contributed by atoms with Gasteiger partial charge in [-0.05, 0) is 12.8 Å². The topological polar surface area (TPSA) is 56.0 Å². The Morgan fingerprint density at radius 2 is 2.20 bits per heavy atom. The summed E-state index contributed by atoms with van der Waals surface area (Å²) >= 11 is 1.47. The summed E-state index contributed by atoms with van der Waals surface area (Å²) in [6, 6.07) is 0.0294. The second-order valence-corrected chi connectivity index (χ2v) is 4.86. The lowest BCUT2D eigenvalue weighted by Crippen LogP contribution is -2.34. The van der Waals surface area contributed by atoms with Crippen LogP contribution in [0.3, 0.4) is 0 Å². The molecule has 2 unspecified atom stereocenters. The highest BCUT2D eigenvalue weighted by molar-refractivity contribution is 7.07. The smallest absolute Gasteiger partial charge is 0.186 e. The Bertz CT molecular complexity index is 323. The molecule has 0 aromatic carbocycles. The third-order valence-electron chi connectivity index (χ3n) is 3.09. The first-order valence-corrected chi connectivity index (χ1v) is 6.41. The fraction of sp³-hybridized carbons (Fsp3) is 0.636. The molecule has 2 N–H and O–H groups in total. The number of nitrogens with two attached hydrogens (primary N) is 1. The molecule has 1 fully saturated rings. The second-order valence-electron chi connectivity index (χ2n) is 4.15. The van der Waals surface area contributed by atoms with E-state index in [-0.39, 0.29) is 17.7 Å². The Morgan fingerprint density at radius 3 is 2.93 bits per heavy atom. The van der Waals surface area contributed by atoms with E-state index in [1.54, 1.807) is 5.51 Å². The molecule has 1 aromatic rings. The van der Waals surface area contributed by atoms with Crippen LogP contribution in [0.25, 0.3) is 0 Å². The number of ketones is 1. The highest BCUT2D eigenvalue weighted by Gasteiger charge is 2.28. The Hall–Kier alpha value is -0.740. The highest BCUT2D eigenvalue weighted by Crippen LogP contribution is 2.25. The molecule has 2 rings (SSSR count). The second kappa shape index (κ2) is 4.86. The maximum Gasteiger partial charge on any atom is 0.186 e. The quantitative estimate of drug-likeness (QED) is 0.619. The minimum absolute atomic E-state index is 0.00500. The molecule has 3 nitrogen and oxygen atoms in total. The van der Waals surface area contributed by atoms with Crippen molar-refractivity contribution in [3.63, 3.8) is 0 Å². The Kier molecular flexibility index (Phi) is 3.49. The van der Waals surface area contributed by atoms with Crippen LogP contribution in [0.4, 0.5) is 0 Å². The molecule has 0 saturated heterocycles. The first-order chi connectivity index (χ1) is 7.29. The highest BCUT2D eigenvalue weighted by atomic mass is 32.1. The van der Waals surface area contributed by atoms with E-state index in [1.807, 2.05) is 5.38 Å². The van der Waals surface area contributed by atoms with E-state index < -0.39 is 0 Å². The molecule has 0 amide bonds. The Morgan fingerprint density at radius 1 is 1.40 bits per heavy atom. The molecular weight excluding hydrogens is 208 g/mol. The molecule has 0 radical (unpaired) electrons. The summed E-state index contributed by atoms with van der Waals surface area (Å²) in [5, 5.41) is 1.82. The molecule has 0 aliphatic heterocycles. The molecule has 1 saturated carbocycles. The standard InChI is InChI=1S/C11H16N2OS/c12-9-5-3-1-2-4-8(9)11(14)10-6-15-7-13-10/h6-9H,1-5,12H2. The Balaban J connectivity index is 2.11. The minimum atomic E-state index is -0.00500. The number of carbonyl (C=O) groups is 1. The number of hydrogen-bond acceptors (Lipinski definition) is 4. The molecular formula is C11H16N2OS. The predicted molar refractivity (Wildman–Crippen MR) is 61.0 cm³/mol. The predicted octanol–water partition coefficient (Wildman–Crippen LogP) is 2.23. The zero-order valence-electron chi connectivity index (χ0n) is 8.69. The van der Waals surface area contributed by atoms with E-state index in [0.717, 1.165) is 25.7 Å². The van der Waals surface area contributed by atoms with Gasteiger partial charge < -0.3 is 5.73 Å². The number of thiazole rings is 1.